The van der Waals surface area contributed by atoms with Crippen LogP contribution in [0.5, 0.6) is 5.75 Å². The number of methoxy groups -OCH3 is 1. The molecule has 226 valence electrons. The van der Waals surface area contributed by atoms with Crippen LogP contribution in [0.2, 0.25) is 0 Å². The van der Waals surface area contributed by atoms with Gasteiger partial charge in [-0.3, -0.25) is 24.6 Å². The second kappa shape index (κ2) is 13.8. The summed E-state index contributed by atoms with van der Waals surface area (Å²) >= 11 is 0. The maximum atomic E-state index is 15.0. The maximum absolute atomic E-state index is 15.0. The van der Waals surface area contributed by atoms with E-state index in [4.69, 9.17) is 4.74 Å². The molecule has 2 fully saturated rings. The van der Waals surface area contributed by atoms with Gasteiger partial charge in [0.1, 0.15) is 11.6 Å². The number of hydrogen-bond acceptors (Lipinski definition) is 6. The lowest BCUT2D eigenvalue weighted by molar-refractivity contribution is -0.138. The Kier molecular flexibility index (Phi) is 9.66. The molecule has 10 heteroatoms. The Morgan fingerprint density at radius 3 is 2.77 bits per heavy atom. The Hall–Kier alpha value is -4.31. The zero-order valence-corrected chi connectivity index (χ0v) is 24.9. The fraction of sp³-hybridized carbons (Fsp3) is 0.394. The minimum atomic E-state index is -0.408. The summed E-state index contributed by atoms with van der Waals surface area (Å²) in [5, 5.41) is 10.5. The number of H-pyrrole nitrogens is 1. The molecule has 43 heavy (non-hydrogen) atoms. The predicted molar refractivity (Wildman–Crippen MR) is 164 cm³/mol. The van der Waals surface area contributed by atoms with Crippen molar-refractivity contribution < 1.29 is 18.7 Å². The predicted octanol–water partition coefficient (Wildman–Crippen LogP) is 4.83. The average molecular weight is 587 g/mol. The summed E-state index contributed by atoms with van der Waals surface area (Å²) in [4.78, 5) is 35.2. The summed E-state index contributed by atoms with van der Waals surface area (Å²) in [6.45, 7) is 2.54. The van der Waals surface area contributed by atoms with Crippen LogP contribution in [-0.4, -0.2) is 76.9 Å². The number of rotatable bonds is 8. The van der Waals surface area contributed by atoms with E-state index in [2.05, 4.69) is 20.5 Å². The fourth-order valence-corrected chi connectivity index (χ4v) is 5.56. The monoisotopic (exact) mass is 586 g/mol. The van der Waals surface area contributed by atoms with Crippen LogP contribution in [-0.2, 0) is 11.3 Å². The molecule has 0 bridgehead atoms. The molecule has 2 unspecified atom stereocenters. The third kappa shape index (κ3) is 7.56. The van der Waals surface area contributed by atoms with Gasteiger partial charge in [-0.15, -0.1) is 0 Å². The zero-order chi connectivity index (χ0) is 30.3. The first-order valence-electron chi connectivity index (χ1n) is 14.7. The van der Waals surface area contributed by atoms with E-state index < -0.39 is 6.04 Å². The van der Waals surface area contributed by atoms with Gasteiger partial charge in [0.25, 0.3) is 5.91 Å². The molecule has 2 aromatic rings. The second-order valence-corrected chi connectivity index (χ2v) is 11.3. The van der Waals surface area contributed by atoms with Gasteiger partial charge in [-0.05, 0) is 87.1 Å². The van der Waals surface area contributed by atoms with E-state index in [1.54, 1.807) is 42.7 Å². The molecular weight excluding hydrogens is 547 g/mol. The maximum Gasteiger partial charge on any atom is 0.251 e. The van der Waals surface area contributed by atoms with Crippen molar-refractivity contribution in [2.24, 2.45) is 4.99 Å². The minimum Gasteiger partial charge on any atom is -0.496 e. The van der Waals surface area contributed by atoms with Crippen LogP contribution in [0, 0.1) is 5.82 Å². The molecule has 2 aliphatic heterocycles. The summed E-state index contributed by atoms with van der Waals surface area (Å²) in [7, 11) is 3.36. The van der Waals surface area contributed by atoms with Gasteiger partial charge in [-0.2, -0.15) is 5.10 Å². The number of piperidine rings is 1. The van der Waals surface area contributed by atoms with E-state index in [1.165, 1.54) is 13.2 Å². The number of ether oxygens (including phenoxy) is 1. The van der Waals surface area contributed by atoms with Crippen molar-refractivity contribution in [3.63, 3.8) is 0 Å². The number of hydrogen-bond donors (Lipinski definition) is 2. The van der Waals surface area contributed by atoms with Gasteiger partial charge in [0, 0.05) is 61.5 Å². The van der Waals surface area contributed by atoms with Crippen molar-refractivity contribution in [1.82, 2.24) is 25.3 Å². The van der Waals surface area contributed by atoms with E-state index >= 15 is 0 Å². The van der Waals surface area contributed by atoms with Crippen molar-refractivity contribution in [2.75, 3.05) is 20.7 Å². The third-order valence-corrected chi connectivity index (χ3v) is 8.23. The molecule has 1 saturated carbocycles. The normalized spacial score (nSPS) is 20.3. The number of carbonyl (C=O) groups excluding carboxylic acids is 2. The molecule has 1 aromatic heterocycles. The second-order valence-electron chi connectivity index (χ2n) is 11.3. The summed E-state index contributed by atoms with van der Waals surface area (Å²) in [5.74, 6) is -0.140. The number of amides is 2. The summed E-state index contributed by atoms with van der Waals surface area (Å²) < 4.78 is 20.4. The summed E-state index contributed by atoms with van der Waals surface area (Å²) in [5.41, 5.74) is 3.57. The van der Waals surface area contributed by atoms with Crippen LogP contribution in [0.15, 0.2) is 71.5 Å². The summed E-state index contributed by atoms with van der Waals surface area (Å²) in [6, 6.07) is 11.4. The van der Waals surface area contributed by atoms with Crippen LogP contribution in [0.4, 0.5) is 4.39 Å². The van der Waals surface area contributed by atoms with E-state index in [0.717, 1.165) is 29.8 Å². The first-order chi connectivity index (χ1) is 20.8. The molecule has 1 aromatic carbocycles. The highest BCUT2D eigenvalue weighted by Crippen LogP contribution is 2.31. The lowest BCUT2D eigenvalue weighted by atomic mass is 9.95. The number of likely N-dealkylation sites (tertiary alicyclic amines) is 1. The number of benzene rings is 1. The molecule has 3 heterocycles. The van der Waals surface area contributed by atoms with Crippen molar-refractivity contribution in [3.05, 3.63) is 89.1 Å². The van der Waals surface area contributed by atoms with E-state index in [1.807, 2.05) is 42.0 Å². The SMILES string of the molecule is COc1cccc(F)c1CN1CC(NC(=O)c2cccn[nH]c(C3=CC=NC(C)=CC3)cc2)CCC1C(=O)N(C)C1CC1. The highest BCUT2D eigenvalue weighted by Gasteiger charge is 2.39. The van der Waals surface area contributed by atoms with Gasteiger partial charge in [0.2, 0.25) is 5.91 Å². The minimum absolute atomic E-state index is 0.0387. The number of nitrogens with zero attached hydrogens (tertiary/aromatic N) is 4. The number of likely N-dealkylation sites (N-methyl/N-ethyl adjacent to an activating group) is 1. The number of aliphatic imine (C=N–C) groups is 1. The van der Waals surface area contributed by atoms with Crippen molar-refractivity contribution in [1.29, 1.82) is 0 Å². The molecule has 2 N–H and O–H groups in total. The quantitative estimate of drug-likeness (QED) is 0.462. The molecule has 9 nitrogen and oxygen atoms in total. The number of halogens is 1. The Balaban J connectivity index is 1.35. The Labute approximate surface area is 251 Å². The van der Waals surface area contributed by atoms with Crippen LogP contribution >= 0.6 is 0 Å². The molecular formula is C33H39FN6O3. The average Bonchev–Trinajstić information content (AvgIpc) is 3.85. The van der Waals surface area contributed by atoms with Crippen LogP contribution in [0.25, 0.3) is 5.57 Å². The molecule has 3 aliphatic rings. The van der Waals surface area contributed by atoms with E-state index in [0.29, 0.717) is 42.7 Å². The first-order valence-corrected chi connectivity index (χ1v) is 14.7. The van der Waals surface area contributed by atoms with Crippen molar-refractivity contribution in [3.8, 4) is 5.75 Å². The standard InChI is InChI=1S/C33H39FN6O3/c1-22-9-10-23(17-19-35-22)29-15-11-24(6-5-18-36-38-29)32(41)37-25-12-16-30(33(42)39(2)26-13-14-26)40(20-25)21-27-28(34)7-4-8-31(27)43-3/h4-9,11,15,17-19,25-26,30,38H,10,12-14,16,20-21H2,1-3H3,(H,37,41). The topological polar surface area (TPSA) is 103 Å². The molecule has 5 rings (SSSR count). The highest BCUT2D eigenvalue weighted by atomic mass is 19.1. The van der Waals surface area contributed by atoms with Gasteiger partial charge in [-0.25, -0.2) is 4.39 Å². The van der Waals surface area contributed by atoms with Gasteiger partial charge in [0.05, 0.1) is 18.8 Å². The fourth-order valence-electron chi connectivity index (χ4n) is 5.56. The van der Waals surface area contributed by atoms with Crippen LogP contribution in [0.1, 0.15) is 60.6 Å². The van der Waals surface area contributed by atoms with Crippen LogP contribution in [0.3, 0.4) is 0 Å². The van der Waals surface area contributed by atoms with Gasteiger partial charge >= 0.3 is 0 Å². The van der Waals surface area contributed by atoms with Crippen molar-refractivity contribution >= 4 is 23.6 Å². The van der Waals surface area contributed by atoms with E-state index in [9.17, 15) is 14.0 Å². The largest absolute Gasteiger partial charge is 0.496 e. The number of aromatic nitrogens is 2. The van der Waals surface area contributed by atoms with E-state index in [-0.39, 0.29) is 36.3 Å². The molecule has 1 saturated heterocycles. The molecule has 1 aliphatic carbocycles. The Bertz CT molecular complexity index is 1490. The van der Waals surface area contributed by atoms with Gasteiger partial charge < -0.3 is 15.0 Å². The lowest BCUT2D eigenvalue weighted by Crippen LogP contribution is -2.56. The molecule has 0 radical (unpaired) electrons. The Morgan fingerprint density at radius 2 is 1.98 bits per heavy atom. The number of aromatic amines is 1. The Morgan fingerprint density at radius 1 is 1.14 bits per heavy atom. The number of carbonyl (C=O) groups is 2. The number of allylic oxidation sites excluding steroid dienone is 4. The third-order valence-electron chi connectivity index (χ3n) is 8.23. The van der Waals surface area contributed by atoms with Crippen molar-refractivity contribution in [2.45, 2.75) is 63.7 Å². The molecule has 2 atom stereocenters. The molecule has 0 spiro atoms. The summed E-state index contributed by atoms with van der Waals surface area (Å²) in [6.07, 6.45) is 11.2. The van der Waals surface area contributed by atoms with Crippen LogP contribution < -0.4 is 10.1 Å². The van der Waals surface area contributed by atoms with Gasteiger partial charge in [0.15, 0.2) is 0 Å². The lowest BCUT2D eigenvalue weighted by Gasteiger charge is -2.40. The first kappa shape index (κ1) is 30.2. The zero-order valence-electron chi connectivity index (χ0n) is 24.9. The highest BCUT2D eigenvalue weighted by molar-refractivity contribution is 5.94. The van der Waals surface area contributed by atoms with Gasteiger partial charge in [-0.1, -0.05) is 12.1 Å². The smallest absolute Gasteiger partial charge is 0.251 e. The number of nitrogens with one attached hydrogen (secondary N) is 2. The molecule has 2 amide bonds.